The molecule has 2 amide bonds. The molecule has 1 aliphatic heterocycles. The van der Waals surface area contributed by atoms with Crippen molar-refractivity contribution < 1.29 is 4.79 Å². The second kappa shape index (κ2) is 6.78. The van der Waals surface area contributed by atoms with Crippen molar-refractivity contribution in [1.29, 1.82) is 0 Å². The molecule has 2 rings (SSSR count). The van der Waals surface area contributed by atoms with Crippen LogP contribution in [-0.4, -0.2) is 36.6 Å². The van der Waals surface area contributed by atoms with E-state index in [1.165, 1.54) is 0 Å². The van der Waals surface area contributed by atoms with Crippen LogP contribution in [0.4, 0.5) is 10.5 Å². The fourth-order valence-corrected chi connectivity index (χ4v) is 2.62. The normalized spacial score (nSPS) is 18.9. The first kappa shape index (κ1) is 14.2. The monoisotopic (exact) mass is 281 g/mol. The van der Waals surface area contributed by atoms with E-state index in [2.05, 4.69) is 10.6 Å². The Morgan fingerprint density at radius 3 is 3.05 bits per heavy atom. The molecule has 1 atom stereocenters. The number of halogens is 1. The predicted molar refractivity (Wildman–Crippen MR) is 78.7 cm³/mol. The largest absolute Gasteiger partial charge is 0.322 e. The highest BCUT2D eigenvalue weighted by molar-refractivity contribution is 6.30. The van der Waals surface area contributed by atoms with Gasteiger partial charge in [0, 0.05) is 29.8 Å². The molecule has 5 heteroatoms. The van der Waals surface area contributed by atoms with Crippen molar-refractivity contribution >= 4 is 23.3 Å². The van der Waals surface area contributed by atoms with Crippen molar-refractivity contribution in [2.45, 2.75) is 25.8 Å². The third-order valence-electron chi connectivity index (χ3n) is 3.39. The zero-order valence-corrected chi connectivity index (χ0v) is 11.9. The number of benzene rings is 1. The fraction of sp³-hybridized carbons (Fsp3) is 0.500. The first-order valence-corrected chi connectivity index (χ1v) is 7.12. The van der Waals surface area contributed by atoms with Crippen LogP contribution >= 0.6 is 11.6 Å². The Balaban J connectivity index is 2.00. The van der Waals surface area contributed by atoms with Gasteiger partial charge < -0.3 is 15.5 Å². The molecule has 2 N–H and O–H groups in total. The van der Waals surface area contributed by atoms with Gasteiger partial charge in [0.15, 0.2) is 0 Å². The smallest absolute Gasteiger partial charge is 0.321 e. The molecule has 1 fully saturated rings. The molecular weight excluding hydrogens is 262 g/mol. The van der Waals surface area contributed by atoms with E-state index in [0.717, 1.165) is 31.6 Å². The minimum absolute atomic E-state index is 0.0570. The standard InChI is InChI=1S/C14H20ClN3O/c1-2-18(13-7-4-8-16-10-13)14(19)17-12-6-3-5-11(15)9-12/h3,5-6,9,13,16H,2,4,7-8,10H2,1H3,(H,17,19). The molecule has 0 aliphatic carbocycles. The van der Waals surface area contributed by atoms with Gasteiger partial charge in [-0.1, -0.05) is 17.7 Å². The number of likely N-dealkylation sites (N-methyl/N-ethyl adjacent to an activating group) is 1. The Morgan fingerprint density at radius 1 is 1.58 bits per heavy atom. The summed E-state index contributed by atoms with van der Waals surface area (Å²) in [5, 5.41) is 6.87. The van der Waals surface area contributed by atoms with Crippen molar-refractivity contribution in [3.8, 4) is 0 Å². The van der Waals surface area contributed by atoms with Crippen molar-refractivity contribution in [3.63, 3.8) is 0 Å². The zero-order valence-electron chi connectivity index (χ0n) is 11.2. The van der Waals surface area contributed by atoms with Crippen LogP contribution in [0.25, 0.3) is 0 Å². The fourth-order valence-electron chi connectivity index (χ4n) is 2.43. The third-order valence-corrected chi connectivity index (χ3v) is 3.62. The minimum atomic E-state index is -0.0570. The van der Waals surface area contributed by atoms with Gasteiger partial charge in [0.2, 0.25) is 0 Å². The number of nitrogens with zero attached hydrogens (tertiary/aromatic N) is 1. The summed E-state index contributed by atoms with van der Waals surface area (Å²) in [5.74, 6) is 0. The van der Waals surface area contributed by atoms with Crippen LogP contribution < -0.4 is 10.6 Å². The van der Waals surface area contributed by atoms with Crippen molar-refractivity contribution in [3.05, 3.63) is 29.3 Å². The molecule has 0 radical (unpaired) electrons. The maximum atomic E-state index is 12.3. The number of carbonyl (C=O) groups is 1. The first-order valence-electron chi connectivity index (χ1n) is 6.74. The number of piperidine rings is 1. The van der Waals surface area contributed by atoms with E-state index in [9.17, 15) is 4.79 Å². The zero-order chi connectivity index (χ0) is 13.7. The number of rotatable bonds is 3. The summed E-state index contributed by atoms with van der Waals surface area (Å²) in [6.45, 7) is 4.63. The lowest BCUT2D eigenvalue weighted by atomic mass is 10.1. The number of urea groups is 1. The Hall–Kier alpha value is -1.26. The average Bonchev–Trinajstić information content (AvgIpc) is 2.41. The maximum Gasteiger partial charge on any atom is 0.322 e. The lowest BCUT2D eigenvalue weighted by Gasteiger charge is -2.33. The van der Waals surface area contributed by atoms with Crippen LogP contribution in [-0.2, 0) is 0 Å². The van der Waals surface area contributed by atoms with Gasteiger partial charge in [-0.15, -0.1) is 0 Å². The van der Waals surface area contributed by atoms with E-state index < -0.39 is 0 Å². The van der Waals surface area contributed by atoms with Crippen molar-refractivity contribution in [2.75, 3.05) is 25.0 Å². The number of hydrogen-bond acceptors (Lipinski definition) is 2. The lowest BCUT2D eigenvalue weighted by molar-refractivity contribution is 0.177. The molecule has 1 unspecified atom stereocenters. The Kier molecular flexibility index (Phi) is 5.05. The molecule has 19 heavy (non-hydrogen) atoms. The van der Waals surface area contributed by atoms with Crippen LogP contribution in [0.3, 0.4) is 0 Å². The summed E-state index contributed by atoms with van der Waals surface area (Å²) in [6.07, 6.45) is 2.18. The molecule has 1 aromatic rings. The Morgan fingerprint density at radius 2 is 2.42 bits per heavy atom. The molecule has 4 nitrogen and oxygen atoms in total. The molecule has 1 aliphatic rings. The summed E-state index contributed by atoms with van der Waals surface area (Å²) in [4.78, 5) is 14.2. The second-order valence-corrected chi connectivity index (χ2v) is 5.16. The lowest BCUT2D eigenvalue weighted by Crippen LogP contribution is -2.50. The second-order valence-electron chi connectivity index (χ2n) is 4.73. The number of hydrogen-bond donors (Lipinski definition) is 2. The van der Waals surface area contributed by atoms with Gasteiger partial charge in [0.1, 0.15) is 0 Å². The van der Waals surface area contributed by atoms with Gasteiger partial charge in [-0.05, 0) is 44.5 Å². The van der Waals surface area contributed by atoms with Crippen LogP contribution in [0.5, 0.6) is 0 Å². The molecular formula is C14H20ClN3O. The van der Waals surface area contributed by atoms with E-state index in [4.69, 9.17) is 11.6 Å². The molecule has 104 valence electrons. The molecule has 1 aromatic carbocycles. The van der Waals surface area contributed by atoms with Gasteiger partial charge in [-0.2, -0.15) is 0 Å². The first-order chi connectivity index (χ1) is 9.20. The number of anilines is 1. The van der Waals surface area contributed by atoms with Gasteiger partial charge in [0.05, 0.1) is 0 Å². The summed E-state index contributed by atoms with van der Waals surface area (Å²) in [6, 6.07) is 7.44. The van der Waals surface area contributed by atoms with Crippen molar-refractivity contribution in [2.24, 2.45) is 0 Å². The molecule has 1 saturated heterocycles. The summed E-state index contributed by atoms with van der Waals surface area (Å²) in [5.41, 5.74) is 0.736. The van der Waals surface area contributed by atoms with Crippen LogP contribution in [0.2, 0.25) is 5.02 Å². The number of carbonyl (C=O) groups excluding carboxylic acids is 1. The van der Waals surface area contributed by atoms with Gasteiger partial charge in [0.25, 0.3) is 0 Å². The minimum Gasteiger partial charge on any atom is -0.321 e. The summed E-state index contributed by atoms with van der Waals surface area (Å²) >= 11 is 5.92. The maximum absolute atomic E-state index is 12.3. The third kappa shape index (κ3) is 3.85. The molecule has 1 heterocycles. The van der Waals surface area contributed by atoms with Crippen LogP contribution in [0.15, 0.2) is 24.3 Å². The van der Waals surface area contributed by atoms with E-state index in [1.807, 2.05) is 24.0 Å². The van der Waals surface area contributed by atoms with E-state index in [-0.39, 0.29) is 12.1 Å². The van der Waals surface area contributed by atoms with Crippen LogP contribution in [0, 0.1) is 0 Å². The SMILES string of the molecule is CCN(C(=O)Nc1cccc(Cl)c1)C1CCCNC1. The summed E-state index contributed by atoms with van der Waals surface area (Å²) < 4.78 is 0. The molecule has 0 aromatic heterocycles. The highest BCUT2D eigenvalue weighted by atomic mass is 35.5. The Labute approximate surface area is 119 Å². The van der Waals surface area contributed by atoms with E-state index in [0.29, 0.717) is 11.6 Å². The van der Waals surface area contributed by atoms with Crippen molar-refractivity contribution in [1.82, 2.24) is 10.2 Å². The van der Waals surface area contributed by atoms with Gasteiger partial charge in [-0.3, -0.25) is 0 Å². The molecule has 0 spiro atoms. The van der Waals surface area contributed by atoms with Crippen LogP contribution in [0.1, 0.15) is 19.8 Å². The molecule has 0 saturated carbocycles. The number of amides is 2. The highest BCUT2D eigenvalue weighted by Gasteiger charge is 2.23. The van der Waals surface area contributed by atoms with Gasteiger partial charge >= 0.3 is 6.03 Å². The predicted octanol–water partition coefficient (Wildman–Crippen LogP) is 2.95. The number of nitrogens with one attached hydrogen (secondary N) is 2. The topological polar surface area (TPSA) is 44.4 Å². The average molecular weight is 282 g/mol. The molecule has 0 bridgehead atoms. The Bertz CT molecular complexity index is 432. The highest BCUT2D eigenvalue weighted by Crippen LogP contribution is 2.17. The van der Waals surface area contributed by atoms with E-state index in [1.54, 1.807) is 12.1 Å². The quantitative estimate of drug-likeness (QED) is 0.895. The summed E-state index contributed by atoms with van der Waals surface area (Å²) in [7, 11) is 0. The van der Waals surface area contributed by atoms with E-state index >= 15 is 0 Å². The van der Waals surface area contributed by atoms with Gasteiger partial charge in [-0.25, -0.2) is 4.79 Å².